The maximum absolute atomic E-state index is 8.96. The summed E-state index contributed by atoms with van der Waals surface area (Å²) < 4.78 is 0. The number of piperidine rings is 1. The molecule has 2 aromatic rings. The van der Waals surface area contributed by atoms with E-state index in [1.165, 1.54) is 10.4 Å². The normalized spacial score (nSPS) is 20.4. The van der Waals surface area contributed by atoms with Crippen LogP contribution in [0.4, 0.5) is 0 Å². The van der Waals surface area contributed by atoms with Crippen LogP contribution in [-0.2, 0) is 13.0 Å². The first-order valence-corrected chi connectivity index (χ1v) is 9.33. The Balaban J connectivity index is 0.00000225. The zero-order chi connectivity index (χ0) is 16.6. The van der Waals surface area contributed by atoms with Crippen LogP contribution >= 0.6 is 11.3 Å². The highest BCUT2D eigenvalue weighted by Crippen LogP contribution is 2.12. The first-order chi connectivity index (χ1) is 11.8. The minimum absolute atomic E-state index is 0. The van der Waals surface area contributed by atoms with Gasteiger partial charge < -0.3 is 17.3 Å². The molecule has 0 radical (unpaired) electrons. The molecule has 1 aromatic heterocycles. The van der Waals surface area contributed by atoms with E-state index in [9.17, 15) is 0 Å². The molecule has 132 valence electrons. The monoisotopic (exact) mass is 374 g/mol. The number of rotatable bonds is 5. The number of nitriles is 1. The van der Waals surface area contributed by atoms with E-state index in [-0.39, 0.29) is 12.4 Å². The summed E-state index contributed by atoms with van der Waals surface area (Å²) in [6.07, 6.45) is 4.93. The number of amidine groups is 1. The van der Waals surface area contributed by atoms with Gasteiger partial charge in [-0.1, -0.05) is 36.4 Å². The lowest BCUT2D eigenvalue weighted by Crippen LogP contribution is -3.12. The van der Waals surface area contributed by atoms with Crippen LogP contribution in [0.25, 0.3) is 0 Å². The lowest BCUT2D eigenvalue weighted by molar-refractivity contribution is -0.918. The van der Waals surface area contributed by atoms with Crippen molar-refractivity contribution >= 4 is 17.2 Å². The van der Waals surface area contributed by atoms with E-state index < -0.39 is 0 Å². The smallest absolute Gasteiger partial charge is 0.182 e. The fraction of sp³-hybridized carbons (Fsp3) is 0.368. The van der Waals surface area contributed by atoms with Gasteiger partial charge in [0.15, 0.2) is 6.19 Å². The average molecular weight is 375 g/mol. The van der Waals surface area contributed by atoms with E-state index in [4.69, 9.17) is 10.3 Å². The van der Waals surface area contributed by atoms with E-state index >= 15 is 0 Å². The van der Waals surface area contributed by atoms with Crippen molar-refractivity contribution in [3.8, 4) is 6.19 Å². The number of thiophene rings is 1. The molecule has 2 N–H and O–H groups in total. The summed E-state index contributed by atoms with van der Waals surface area (Å²) in [6.45, 7) is 3.37. The summed E-state index contributed by atoms with van der Waals surface area (Å²) in [7, 11) is 0. The Morgan fingerprint density at radius 2 is 1.96 bits per heavy atom. The Labute approximate surface area is 159 Å². The first-order valence-electron chi connectivity index (χ1n) is 8.45. The number of benzene rings is 1. The van der Waals surface area contributed by atoms with Crippen LogP contribution in [0, 0.1) is 11.5 Å². The molecule has 1 aliphatic rings. The van der Waals surface area contributed by atoms with Crippen LogP contribution in [0.15, 0.2) is 52.8 Å². The van der Waals surface area contributed by atoms with Gasteiger partial charge in [-0.25, -0.2) is 0 Å². The summed E-state index contributed by atoms with van der Waals surface area (Å²) in [5.41, 5.74) is 1.40. The highest BCUT2D eigenvalue weighted by Gasteiger charge is 2.22. The Bertz CT molecular complexity index is 686. The molecule has 6 heteroatoms. The number of hydrogen-bond donors (Lipinski definition) is 2. The molecule has 25 heavy (non-hydrogen) atoms. The highest BCUT2D eigenvalue weighted by atomic mass is 35.5. The lowest BCUT2D eigenvalue weighted by Gasteiger charge is -2.27. The van der Waals surface area contributed by atoms with Crippen molar-refractivity contribution in [3.05, 3.63) is 58.3 Å². The Kier molecular flexibility index (Phi) is 7.93. The minimum atomic E-state index is 0. The maximum atomic E-state index is 8.96. The molecule has 1 aromatic carbocycles. The summed E-state index contributed by atoms with van der Waals surface area (Å²) in [4.78, 5) is 7.68. The van der Waals surface area contributed by atoms with Gasteiger partial charge in [-0.15, -0.1) is 11.3 Å². The van der Waals surface area contributed by atoms with Gasteiger partial charge in [0.25, 0.3) is 0 Å². The zero-order valence-corrected chi connectivity index (χ0v) is 15.7. The number of nitrogens with one attached hydrogen (secondary N) is 2. The first kappa shape index (κ1) is 19.5. The highest BCUT2D eigenvalue weighted by molar-refractivity contribution is 7.10. The van der Waals surface area contributed by atoms with Gasteiger partial charge in [0.2, 0.25) is 0 Å². The van der Waals surface area contributed by atoms with Crippen molar-refractivity contribution < 1.29 is 17.3 Å². The summed E-state index contributed by atoms with van der Waals surface area (Å²) in [6, 6.07) is 15.1. The molecule has 0 bridgehead atoms. The van der Waals surface area contributed by atoms with Crippen molar-refractivity contribution in [1.29, 1.82) is 5.26 Å². The predicted molar refractivity (Wildman–Crippen MR) is 98.1 cm³/mol. The van der Waals surface area contributed by atoms with E-state index in [1.54, 1.807) is 16.2 Å². The topological polar surface area (TPSA) is 52.6 Å². The van der Waals surface area contributed by atoms with Crippen LogP contribution in [0.1, 0.15) is 23.3 Å². The second kappa shape index (κ2) is 10.2. The minimum Gasteiger partial charge on any atom is -1.00 e. The number of likely N-dealkylation sites (tertiary alicyclic amines) is 1. The van der Waals surface area contributed by atoms with Gasteiger partial charge in [-0.05, 0) is 11.4 Å². The van der Waals surface area contributed by atoms with Crippen molar-refractivity contribution in [2.24, 2.45) is 4.99 Å². The van der Waals surface area contributed by atoms with Crippen molar-refractivity contribution in [2.75, 3.05) is 13.1 Å². The second-order valence-corrected chi connectivity index (χ2v) is 7.24. The molecule has 0 saturated carbocycles. The number of quaternary nitrogens is 1. The number of halogens is 1. The molecule has 1 aliphatic heterocycles. The zero-order valence-electron chi connectivity index (χ0n) is 14.1. The second-order valence-electron chi connectivity index (χ2n) is 6.21. The Hall–Kier alpha value is -1.87. The van der Waals surface area contributed by atoms with E-state index in [2.05, 4.69) is 47.1 Å². The quantitative estimate of drug-likeness (QED) is 0.306. The van der Waals surface area contributed by atoms with E-state index in [1.807, 2.05) is 12.3 Å². The molecule has 1 fully saturated rings. The molecular weight excluding hydrogens is 352 g/mol. The summed E-state index contributed by atoms with van der Waals surface area (Å²) in [5.74, 6) is 0.802. The molecule has 0 unspecified atom stereocenters. The van der Waals surface area contributed by atoms with Crippen LogP contribution in [0.2, 0.25) is 0 Å². The van der Waals surface area contributed by atoms with E-state index in [0.717, 1.165) is 44.7 Å². The Morgan fingerprint density at radius 1 is 1.20 bits per heavy atom. The molecule has 0 spiro atoms. The molecule has 1 saturated heterocycles. The van der Waals surface area contributed by atoms with Gasteiger partial charge in [0, 0.05) is 29.7 Å². The lowest BCUT2D eigenvalue weighted by atomic mass is 10.0. The SMILES string of the molecule is N#CNC(Cc1cccs1)=NC1CC[NH+](Cc2ccccc2)CC1.[Cl-]. The molecule has 3 rings (SSSR count). The van der Waals surface area contributed by atoms with E-state index in [0.29, 0.717) is 6.04 Å². The van der Waals surface area contributed by atoms with Crippen molar-refractivity contribution in [2.45, 2.75) is 31.8 Å². The number of hydrogen-bond acceptors (Lipinski definition) is 3. The number of nitrogens with zero attached hydrogens (tertiary/aromatic N) is 2. The van der Waals surface area contributed by atoms with Crippen molar-refractivity contribution in [1.82, 2.24) is 5.32 Å². The van der Waals surface area contributed by atoms with Crippen molar-refractivity contribution in [3.63, 3.8) is 0 Å². The van der Waals surface area contributed by atoms with Gasteiger partial charge >= 0.3 is 0 Å². The third kappa shape index (κ3) is 6.17. The van der Waals surface area contributed by atoms with Crippen LogP contribution in [0.3, 0.4) is 0 Å². The van der Waals surface area contributed by atoms with Crippen LogP contribution < -0.4 is 22.6 Å². The number of aliphatic imine (C=N–C) groups is 1. The molecular formula is C19H23ClN4S. The third-order valence-corrected chi connectivity index (χ3v) is 5.30. The fourth-order valence-corrected chi connectivity index (χ4v) is 3.90. The predicted octanol–water partition coefficient (Wildman–Crippen LogP) is -0.989. The Morgan fingerprint density at radius 3 is 2.60 bits per heavy atom. The van der Waals surface area contributed by atoms with Gasteiger partial charge in [-0.3, -0.25) is 10.3 Å². The molecule has 0 aliphatic carbocycles. The molecule has 0 amide bonds. The summed E-state index contributed by atoms with van der Waals surface area (Å²) in [5, 5.41) is 13.8. The standard InChI is InChI=1S/C19H22N4S.ClH/c20-15-21-19(13-18-7-4-12-24-18)22-17-8-10-23(11-9-17)14-16-5-2-1-3-6-16;/h1-7,12,17H,8-11,13-14H2,(H,21,22);1H. The van der Waals surface area contributed by atoms with Gasteiger partial charge in [0.05, 0.1) is 19.1 Å². The summed E-state index contributed by atoms with van der Waals surface area (Å²) >= 11 is 1.71. The molecule has 0 atom stereocenters. The fourth-order valence-electron chi connectivity index (χ4n) is 3.19. The largest absolute Gasteiger partial charge is 1.00 e. The van der Waals surface area contributed by atoms with Gasteiger partial charge in [0.1, 0.15) is 12.4 Å². The molecule has 2 heterocycles. The van der Waals surface area contributed by atoms with Gasteiger partial charge in [-0.2, -0.15) is 5.26 Å². The average Bonchev–Trinajstić information content (AvgIpc) is 3.11. The molecule has 4 nitrogen and oxygen atoms in total. The maximum Gasteiger partial charge on any atom is 0.182 e. The van der Waals surface area contributed by atoms with Crippen LogP contribution in [0.5, 0.6) is 0 Å². The third-order valence-electron chi connectivity index (χ3n) is 4.42. The van der Waals surface area contributed by atoms with Crippen LogP contribution in [-0.4, -0.2) is 25.0 Å².